The summed E-state index contributed by atoms with van der Waals surface area (Å²) < 4.78 is 0. The molecule has 0 aromatic carbocycles. The average Bonchev–Trinajstić information content (AvgIpc) is 2.25. The number of aliphatic hydroxyl groups excluding tert-OH is 1. The number of hydrogen-bond acceptors (Lipinski definition) is 2. The van der Waals surface area contributed by atoms with Crippen molar-refractivity contribution in [2.75, 3.05) is 6.54 Å². The van der Waals surface area contributed by atoms with E-state index in [-0.39, 0.29) is 18.5 Å². The van der Waals surface area contributed by atoms with Crippen molar-refractivity contribution in [3.05, 3.63) is 0 Å². The van der Waals surface area contributed by atoms with Crippen LogP contribution >= 0.6 is 12.4 Å². The van der Waals surface area contributed by atoms with Crippen molar-refractivity contribution in [3.8, 4) is 0 Å². The zero-order chi connectivity index (χ0) is 6.27. The van der Waals surface area contributed by atoms with Gasteiger partial charge in [-0.15, -0.1) is 12.4 Å². The molecule has 0 amide bonds. The van der Waals surface area contributed by atoms with E-state index in [9.17, 15) is 5.11 Å². The van der Waals surface area contributed by atoms with Crippen molar-refractivity contribution >= 4 is 12.4 Å². The van der Waals surface area contributed by atoms with Crippen LogP contribution in [-0.4, -0.2) is 23.8 Å². The zero-order valence-electron chi connectivity index (χ0n) is 5.92. The highest BCUT2D eigenvalue weighted by molar-refractivity contribution is 5.85. The van der Waals surface area contributed by atoms with Gasteiger partial charge >= 0.3 is 0 Å². The summed E-state index contributed by atoms with van der Waals surface area (Å²) in [6, 6.07) is 0.735. The van der Waals surface area contributed by atoms with Gasteiger partial charge in [-0.05, 0) is 25.2 Å². The molecule has 1 aliphatic carbocycles. The summed E-state index contributed by atoms with van der Waals surface area (Å²) in [5.74, 6) is 0.573. The van der Waals surface area contributed by atoms with Crippen molar-refractivity contribution in [1.82, 2.24) is 5.32 Å². The van der Waals surface area contributed by atoms with Crippen molar-refractivity contribution in [1.29, 1.82) is 0 Å². The molecule has 2 N–H and O–H groups in total. The highest BCUT2D eigenvalue weighted by atomic mass is 35.5. The lowest BCUT2D eigenvalue weighted by atomic mass is 9.88. The van der Waals surface area contributed by atoms with Crippen molar-refractivity contribution < 1.29 is 5.11 Å². The molecule has 2 bridgehead atoms. The van der Waals surface area contributed by atoms with Gasteiger partial charge in [0.2, 0.25) is 0 Å². The number of hydrogen-bond donors (Lipinski definition) is 2. The predicted octanol–water partition coefficient (Wildman–Crippen LogP) is 0.541. The lowest BCUT2D eigenvalue weighted by Crippen LogP contribution is -2.26. The quantitative estimate of drug-likeness (QED) is 0.547. The van der Waals surface area contributed by atoms with Crippen LogP contribution in [0.1, 0.15) is 19.3 Å². The minimum atomic E-state index is -0.00347. The Morgan fingerprint density at radius 2 is 2.10 bits per heavy atom. The first-order valence-corrected chi connectivity index (χ1v) is 3.78. The number of rotatable bonds is 0. The molecule has 1 heterocycles. The number of nitrogens with one attached hydrogen (secondary N) is 1. The molecule has 0 spiro atoms. The van der Waals surface area contributed by atoms with Crippen LogP contribution in [0.3, 0.4) is 0 Å². The van der Waals surface area contributed by atoms with E-state index in [2.05, 4.69) is 5.32 Å². The summed E-state index contributed by atoms with van der Waals surface area (Å²) in [4.78, 5) is 0. The van der Waals surface area contributed by atoms with Gasteiger partial charge in [0.05, 0.1) is 6.10 Å². The molecule has 0 aromatic rings. The minimum Gasteiger partial charge on any atom is -0.393 e. The van der Waals surface area contributed by atoms with Crippen molar-refractivity contribution in [2.24, 2.45) is 5.92 Å². The second kappa shape index (κ2) is 3.07. The van der Waals surface area contributed by atoms with Gasteiger partial charge in [0.25, 0.3) is 0 Å². The van der Waals surface area contributed by atoms with Gasteiger partial charge in [0.1, 0.15) is 0 Å². The fourth-order valence-electron chi connectivity index (χ4n) is 1.97. The Hall–Kier alpha value is 0.210. The van der Waals surface area contributed by atoms with Gasteiger partial charge in [0.15, 0.2) is 0 Å². The van der Waals surface area contributed by atoms with Crippen LogP contribution in [-0.2, 0) is 0 Å². The Balaban J connectivity index is 0.000000500. The summed E-state index contributed by atoms with van der Waals surface area (Å²) in [7, 11) is 0. The summed E-state index contributed by atoms with van der Waals surface area (Å²) in [5, 5.41) is 12.7. The third kappa shape index (κ3) is 1.29. The second-order valence-electron chi connectivity index (χ2n) is 3.25. The van der Waals surface area contributed by atoms with E-state index in [4.69, 9.17) is 0 Å². The fourth-order valence-corrected chi connectivity index (χ4v) is 1.97. The second-order valence-corrected chi connectivity index (χ2v) is 3.25. The standard InChI is InChI=1S/C7H13NO.ClH/c9-7-2-1-6-3-5(7)4-8-6;/h5-9H,1-4H2;1H. The normalized spacial score (nSPS) is 44.7. The first-order valence-electron chi connectivity index (χ1n) is 3.78. The minimum absolute atomic E-state index is 0. The maximum absolute atomic E-state index is 9.36. The van der Waals surface area contributed by atoms with E-state index in [1.54, 1.807) is 0 Å². The Labute approximate surface area is 67.4 Å². The molecule has 1 saturated carbocycles. The third-order valence-electron chi connectivity index (χ3n) is 2.61. The Morgan fingerprint density at radius 1 is 1.30 bits per heavy atom. The van der Waals surface area contributed by atoms with Gasteiger partial charge in [0, 0.05) is 12.6 Å². The van der Waals surface area contributed by atoms with Crippen LogP contribution in [0, 0.1) is 5.92 Å². The SMILES string of the molecule is Cl.OC1CCC2CC1CN2. The van der Waals surface area contributed by atoms with E-state index in [0.717, 1.165) is 19.0 Å². The van der Waals surface area contributed by atoms with Crippen LogP contribution < -0.4 is 5.32 Å². The Kier molecular flexibility index (Phi) is 2.55. The average molecular weight is 164 g/mol. The predicted molar refractivity (Wildman–Crippen MR) is 42.4 cm³/mol. The van der Waals surface area contributed by atoms with Gasteiger partial charge in [-0.2, -0.15) is 0 Å². The fraction of sp³-hybridized carbons (Fsp3) is 1.00. The molecule has 3 atom stereocenters. The third-order valence-corrected chi connectivity index (χ3v) is 2.61. The van der Waals surface area contributed by atoms with E-state index >= 15 is 0 Å². The van der Waals surface area contributed by atoms with E-state index in [1.165, 1.54) is 12.8 Å². The molecule has 0 aromatic heterocycles. The van der Waals surface area contributed by atoms with Crippen LogP contribution in [0.15, 0.2) is 0 Å². The van der Waals surface area contributed by atoms with Crippen LogP contribution in [0.2, 0.25) is 0 Å². The number of halogens is 1. The number of aliphatic hydroxyl groups is 1. The monoisotopic (exact) mass is 163 g/mol. The lowest BCUT2D eigenvalue weighted by Gasteiger charge is -2.22. The van der Waals surface area contributed by atoms with Gasteiger partial charge in [-0.25, -0.2) is 0 Å². The molecule has 2 rings (SSSR count). The molecule has 3 heteroatoms. The molecule has 2 nitrogen and oxygen atoms in total. The maximum atomic E-state index is 9.36. The summed E-state index contributed by atoms with van der Waals surface area (Å²) in [6.07, 6.45) is 3.40. The summed E-state index contributed by atoms with van der Waals surface area (Å²) in [5.41, 5.74) is 0. The van der Waals surface area contributed by atoms with Gasteiger partial charge in [-0.3, -0.25) is 0 Å². The largest absolute Gasteiger partial charge is 0.393 e. The van der Waals surface area contributed by atoms with Gasteiger partial charge in [-0.1, -0.05) is 0 Å². The first kappa shape index (κ1) is 8.31. The lowest BCUT2D eigenvalue weighted by molar-refractivity contribution is 0.0896. The van der Waals surface area contributed by atoms with Gasteiger partial charge < -0.3 is 10.4 Å². The molecule has 2 aliphatic rings. The molecular formula is C7H14ClNO. The first-order chi connectivity index (χ1) is 4.36. The highest BCUT2D eigenvalue weighted by Gasteiger charge is 2.33. The zero-order valence-corrected chi connectivity index (χ0v) is 6.73. The van der Waals surface area contributed by atoms with Crippen molar-refractivity contribution in [2.45, 2.75) is 31.4 Å². The van der Waals surface area contributed by atoms with Crippen LogP contribution in [0.4, 0.5) is 0 Å². The van der Waals surface area contributed by atoms with E-state index in [0.29, 0.717) is 5.92 Å². The smallest absolute Gasteiger partial charge is 0.0581 e. The Morgan fingerprint density at radius 3 is 2.80 bits per heavy atom. The van der Waals surface area contributed by atoms with Crippen molar-refractivity contribution in [3.63, 3.8) is 0 Å². The summed E-state index contributed by atoms with van der Waals surface area (Å²) in [6.45, 7) is 1.05. The van der Waals surface area contributed by atoms with E-state index < -0.39 is 0 Å². The highest BCUT2D eigenvalue weighted by Crippen LogP contribution is 2.28. The molecule has 2 fully saturated rings. The molecule has 3 unspecified atom stereocenters. The topological polar surface area (TPSA) is 32.3 Å². The molecule has 1 saturated heterocycles. The molecule has 10 heavy (non-hydrogen) atoms. The van der Waals surface area contributed by atoms with Crippen LogP contribution in [0.5, 0.6) is 0 Å². The van der Waals surface area contributed by atoms with E-state index in [1.807, 2.05) is 0 Å². The summed E-state index contributed by atoms with van der Waals surface area (Å²) >= 11 is 0. The molecule has 60 valence electrons. The molecule has 1 aliphatic heterocycles. The maximum Gasteiger partial charge on any atom is 0.0581 e. The van der Waals surface area contributed by atoms with Crippen LogP contribution in [0.25, 0.3) is 0 Å². The molecule has 0 radical (unpaired) electrons. The number of fused-ring (bicyclic) bond motifs is 2. The Bertz CT molecular complexity index is 120. The molecular weight excluding hydrogens is 150 g/mol.